The number of fused-ring (bicyclic) bond motifs is 1. The zero-order valence-corrected chi connectivity index (χ0v) is 23.1. The fourth-order valence-corrected chi connectivity index (χ4v) is 4.17. The highest BCUT2D eigenvalue weighted by molar-refractivity contribution is 6.33. The van der Waals surface area contributed by atoms with Gasteiger partial charge in [0.2, 0.25) is 12.3 Å². The number of halogens is 2. The van der Waals surface area contributed by atoms with Crippen molar-refractivity contribution in [1.82, 2.24) is 14.8 Å². The molecule has 1 saturated carbocycles. The Morgan fingerprint density at radius 2 is 1.76 bits per heavy atom. The summed E-state index contributed by atoms with van der Waals surface area (Å²) < 4.78 is 16.2. The highest BCUT2D eigenvalue weighted by Gasteiger charge is 2.19. The zero-order chi connectivity index (χ0) is 28.0. The van der Waals surface area contributed by atoms with Crippen LogP contribution < -0.4 is 11.1 Å². The first-order valence-electron chi connectivity index (χ1n) is 12.6. The van der Waals surface area contributed by atoms with Crippen LogP contribution in [0.1, 0.15) is 77.8 Å². The number of carbonyl (C=O) groups excluding carboxylic acids is 2. The first-order valence-corrected chi connectivity index (χ1v) is 13.0. The number of hydrogen-bond acceptors (Lipinski definition) is 5. The lowest BCUT2D eigenvalue weighted by atomic mass is 9.99. The molecule has 1 aliphatic carbocycles. The number of pyridine rings is 1. The SMILES string of the molecule is C1CCCCC1.CC.CC(CO)c1c2cc(-c3cc(NC=O)ncc3Cl)cc(F)c2nn1C.CC(N)=O. The van der Waals surface area contributed by atoms with E-state index in [1.165, 1.54) is 57.7 Å². The van der Waals surface area contributed by atoms with Crippen LogP contribution in [0.3, 0.4) is 0 Å². The van der Waals surface area contributed by atoms with Crippen molar-refractivity contribution in [2.75, 3.05) is 11.9 Å². The van der Waals surface area contributed by atoms with Crippen LogP contribution >= 0.6 is 11.6 Å². The first-order chi connectivity index (χ1) is 17.7. The molecule has 10 heteroatoms. The Kier molecular flexibility index (Phi) is 14.4. The first kappa shape index (κ1) is 32.0. The molecule has 0 aliphatic heterocycles. The smallest absolute Gasteiger partial charge is 0.214 e. The Morgan fingerprint density at radius 1 is 1.22 bits per heavy atom. The van der Waals surface area contributed by atoms with E-state index in [4.69, 9.17) is 11.6 Å². The maximum absolute atomic E-state index is 14.6. The molecule has 0 saturated heterocycles. The number of aliphatic hydroxyl groups excluding tert-OH is 1. The largest absolute Gasteiger partial charge is 0.396 e. The van der Waals surface area contributed by atoms with E-state index >= 15 is 0 Å². The lowest BCUT2D eigenvalue weighted by Crippen LogP contribution is -2.06. The van der Waals surface area contributed by atoms with Crippen molar-refractivity contribution < 1.29 is 19.1 Å². The van der Waals surface area contributed by atoms with Crippen LogP contribution in [0.5, 0.6) is 0 Å². The summed E-state index contributed by atoms with van der Waals surface area (Å²) in [7, 11) is 1.71. The second kappa shape index (κ2) is 16.7. The van der Waals surface area contributed by atoms with Crippen LogP contribution in [0, 0.1) is 5.82 Å². The third kappa shape index (κ3) is 9.74. The van der Waals surface area contributed by atoms with Gasteiger partial charge in [0.1, 0.15) is 11.3 Å². The maximum atomic E-state index is 14.6. The van der Waals surface area contributed by atoms with E-state index in [1.54, 1.807) is 23.9 Å². The summed E-state index contributed by atoms with van der Waals surface area (Å²) in [4.78, 5) is 23.8. The summed E-state index contributed by atoms with van der Waals surface area (Å²) in [5.74, 6) is -0.716. The summed E-state index contributed by atoms with van der Waals surface area (Å²) in [6.45, 7) is 7.07. The standard InChI is InChI=1S/C17H16ClFN4O2.C6H12.C2H5NO.C2H6/c1-9(7-24)17-12-3-10(4-14(19)16(12)22-23(17)2)11-5-15(21-8-25)20-6-13(11)18;1-2-4-6-5-3-1;1-2(3)4;1-2/h3-6,8-9,24H,7H2,1-2H3,(H,20,21,25);1-6H2;1H3,(H2,3,4);1-2H3. The number of rotatable bonds is 5. The second-order valence-corrected chi connectivity index (χ2v) is 8.90. The molecule has 8 nitrogen and oxygen atoms in total. The van der Waals surface area contributed by atoms with E-state index < -0.39 is 5.82 Å². The molecular weight excluding hydrogens is 497 g/mol. The molecule has 204 valence electrons. The zero-order valence-electron chi connectivity index (χ0n) is 22.4. The number of aliphatic hydroxyl groups is 1. The van der Waals surface area contributed by atoms with E-state index in [2.05, 4.69) is 21.1 Å². The quantitative estimate of drug-likeness (QED) is 0.348. The number of nitrogens with one attached hydrogen (secondary N) is 1. The van der Waals surface area contributed by atoms with Crippen molar-refractivity contribution in [2.24, 2.45) is 12.8 Å². The van der Waals surface area contributed by atoms with Crippen LogP contribution in [-0.2, 0) is 16.6 Å². The molecule has 0 radical (unpaired) electrons. The Balaban J connectivity index is 0.000000474. The van der Waals surface area contributed by atoms with Gasteiger partial charge in [0.15, 0.2) is 5.82 Å². The van der Waals surface area contributed by atoms with Crippen molar-refractivity contribution in [3.8, 4) is 11.1 Å². The van der Waals surface area contributed by atoms with Crippen LogP contribution in [0.25, 0.3) is 22.0 Å². The minimum Gasteiger partial charge on any atom is -0.396 e. The fraction of sp³-hybridized carbons (Fsp3) is 0.481. The summed E-state index contributed by atoms with van der Waals surface area (Å²) in [5, 5.41) is 17.1. The van der Waals surface area contributed by atoms with Gasteiger partial charge in [0.05, 0.1) is 17.3 Å². The Morgan fingerprint density at radius 3 is 2.24 bits per heavy atom. The van der Waals surface area contributed by atoms with Gasteiger partial charge in [0.25, 0.3) is 0 Å². The monoisotopic (exact) mass is 535 g/mol. The van der Waals surface area contributed by atoms with Crippen molar-refractivity contribution >= 4 is 40.6 Å². The summed E-state index contributed by atoms with van der Waals surface area (Å²) in [6, 6.07) is 4.69. The third-order valence-corrected chi connectivity index (χ3v) is 5.85. The predicted molar refractivity (Wildman–Crippen MR) is 148 cm³/mol. The molecule has 2 heterocycles. The van der Waals surface area contributed by atoms with E-state index in [1.807, 2.05) is 20.8 Å². The Bertz CT molecular complexity index is 1130. The highest BCUT2D eigenvalue weighted by atomic mass is 35.5. The van der Waals surface area contributed by atoms with Crippen molar-refractivity contribution in [3.63, 3.8) is 0 Å². The van der Waals surface area contributed by atoms with Gasteiger partial charge in [-0.2, -0.15) is 5.10 Å². The number of nitrogens with zero attached hydrogens (tertiary/aromatic N) is 3. The minimum absolute atomic E-state index is 0.0795. The molecule has 0 bridgehead atoms. The molecule has 2 aromatic heterocycles. The van der Waals surface area contributed by atoms with Crippen molar-refractivity contribution in [3.05, 3.63) is 40.9 Å². The predicted octanol–water partition coefficient (Wildman–Crippen LogP) is 5.95. The molecule has 4 rings (SSSR count). The van der Waals surface area contributed by atoms with Gasteiger partial charge < -0.3 is 16.2 Å². The number of nitrogens with two attached hydrogens (primary N) is 1. The number of carbonyl (C=O) groups is 2. The van der Waals surface area contributed by atoms with Gasteiger partial charge in [-0.15, -0.1) is 0 Å². The van der Waals surface area contributed by atoms with Gasteiger partial charge in [-0.3, -0.25) is 14.3 Å². The molecule has 2 amide bonds. The second-order valence-electron chi connectivity index (χ2n) is 8.49. The maximum Gasteiger partial charge on any atom is 0.214 e. The fourth-order valence-electron chi connectivity index (χ4n) is 3.96. The molecule has 37 heavy (non-hydrogen) atoms. The third-order valence-electron chi connectivity index (χ3n) is 5.55. The number of primary amides is 1. The van der Waals surface area contributed by atoms with Crippen LogP contribution in [0.2, 0.25) is 5.02 Å². The topological polar surface area (TPSA) is 123 Å². The Labute approximate surface area is 223 Å². The minimum atomic E-state index is -0.489. The van der Waals surface area contributed by atoms with Gasteiger partial charge in [-0.1, -0.05) is 70.9 Å². The summed E-state index contributed by atoms with van der Waals surface area (Å²) in [5.41, 5.74) is 6.51. The molecule has 1 aliphatic rings. The molecule has 4 N–H and O–H groups in total. The summed E-state index contributed by atoms with van der Waals surface area (Å²) in [6.07, 6.45) is 10.9. The lowest BCUT2D eigenvalue weighted by Gasteiger charge is -2.10. The van der Waals surface area contributed by atoms with E-state index in [0.29, 0.717) is 33.8 Å². The van der Waals surface area contributed by atoms with E-state index in [9.17, 15) is 19.1 Å². The van der Waals surface area contributed by atoms with Crippen LogP contribution in [0.15, 0.2) is 24.4 Å². The van der Waals surface area contributed by atoms with Gasteiger partial charge in [-0.05, 0) is 23.8 Å². The molecule has 1 fully saturated rings. The number of anilines is 1. The number of benzene rings is 1. The van der Waals surface area contributed by atoms with Gasteiger partial charge >= 0.3 is 0 Å². The summed E-state index contributed by atoms with van der Waals surface area (Å²) >= 11 is 6.21. The van der Waals surface area contributed by atoms with Gasteiger partial charge in [-0.25, -0.2) is 9.37 Å². The van der Waals surface area contributed by atoms with E-state index in [0.717, 1.165) is 5.69 Å². The van der Waals surface area contributed by atoms with Crippen molar-refractivity contribution in [2.45, 2.75) is 72.1 Å². The average Bonchev–Trinajstić information content (AvgIpc) is 3.23. The molecule has 1 unspecified atom stereocenters. The average molecular weight is 536 g/mol. The van der Waals surface area contributed by atoms with Crippen molar-refractivity contribution in [1.29, 1.82) is 0 Å². The normalized spacial score (nSPS) is 13.1. The Hall–Kier alpha value is -3.04. The van der Waals surface area contributed by atoms with Crippen LogP contribution in [-0.4, -0.2) is 38.8 Å². The number of aryl methyl sites for hydroxylation is 1. The molecule has 1 atom stereocenters. The van der Waals surface area contributed by atoms with Gasteiger partial charge in [0, 0.05) is 37.0 Å². The number of hydrogen-bond donors (Lipinski definition) is 3. The number of amides is 2. The molecule has 1 aromatic carbocycles. The van der Waals surface area contributed by atoms with E-state index in [-0.39, 0.29) is 23.9 Å². The molecular formula is C27H39ClFN5O3. The molecule has 3 aromatic rings. The highest BCUT2D eigenvalue weighted by Crippen LogP contribution is 2.35. The number of aromatic nitrogens is 3. The lowest BCUT2D eigenvalue weighted by molar-refractivity contribution is -0.116. The molecule has 0 spiro atoms. The van der Waals surface area contributed by atoms with Crippen LogP contribution in [0.4, 0.5) is 10.2 Å².